The van der Waals surface area contributed by atoms with Crippen molar-refractivity contribution < 1.29 is 4.79 Å². The highest BCUT2D eigenvalue weighted by molar-refractivity contribution is 14.0. The quantitative estimate of drug-likeness (QED) is 0.213. The molecule has 0 radical (unpaired) electrons. The molecule has 1 amide bonds. The van der Waals surface area contributed by atoms with Crippen molar-refractivity contribution in [2.45, 2.75) is 58.9 Å². The highest BCUT2D eigenvalue weighted by Crippen LogP contribution is 2.28. The van der Waals surface area contributed by atoms with Crippen LogP contribution in [0.1, 0.15) is 68.3 Å². The average Bonchev–Trinajstić information content (AvgIpc) is 3.17. The third-order valence-corrected chi connectivity index (χ3v) is 4.85. The molecule has 0 bridgehead atoms. The van der Waals surface area contributed by atoms with Crippen molar-refractivity contribution in [3.05, 3.63) is 35.4 Å². The first kappa shape index (κ1) is 23.7. The van der Waals surface area contributed by atoms with E-state index in [-0.39, 0.29) is 29.9 Å². The third kappa shape index (κ3) is 8.95. The molecule has 3 N–H and O–H groups in total. The monoisotopic (exact) mass is 486 g/mol. The van der Waals surface area contributed by atoms with Crippen LogP contribution in [0.2, 0.25) is 0 Å². The Balaban J connectivity index is 0.00000364. The number of benzene rings is 1. The SMILES string of the molecule is CCNC(=O)c1cccc(CN=C(NCC)NCCCC2CCCC2)c1.I. The number of halogens is 1. The molecule has 1 aliphatic carbocycles. The first-order valence-electron chi connectivity index (χ1n) is 10.1. The summed E-state index contributed by atoms with van der Waals surface area (Å²) >= 11 is 0. The van der Waals surface area contributed by atoms with Crippen LogP contribution in [0.25, 0.3) is 0 Å². The lowest BCUT2D eigenvalue weighted by Crippen LogP contribution is -2.37. The minimum Gasteiger partial charge on any atom is -0.357 e. The number of rotatable bonds is 9. The van der Waals surface area contributed by atoms with E-state index in [1.807, 2.05) is 31.2 Å². The van der Waals surface area contributed by atoms with E-state index >= 15 is 0 Å². The summed E-state index contributed by atoms with van der Waals surface area (Å²) in [5, 5.41) is 9.56. The first-order valence-corrected chi connectivity index (χ1v) is 10.1. The number of hydrogen-bond donors (Lipinski definition) is 3. The molecule has 0 spiro atoms. The van der Waals surface area contributed by atoms with E-state index in [0.717, 1.165) is 30.5 Å². The van der Waals surface area contributed by atoms with Crippen LogP contribution < -0.4 is 16.0 Å². The smallest absolute Gasteiger partial charge is 0.251 e. The fourth-order valence-electron chi connectivity index (χ4n) is 3.48. The lowest BCUT2D eigenvalue weighted by Gasteiger charge is -2.13. The molecule has 0 saturated heterocycles. The maximum absolute atomic E-state index is 11.9. The lowest BCUT2D eigenvalue weighted by molar-refractivity contribution is 0.0955. The van der Waals surface area contributed by atoms with Crippen LogP contribution in [-0.4, -0.2) is 31.5 Å². The van der Waals surface area contributed by atoms with Gasteiger partial charge in [-0.2, -0.15) is 0 Å². The summed E-state index contributed by atoms with van der Waals surface area (Å²) < 4.78 is 0. The minimum atomic E-state index is -0.0322. The molecule has 2 rings (SSSR count). The predicted octanol–water partition coefficient (Wildman–Crippen LogP) is 4.08. The maximum atomic E-state index is 11.9. The molecule has 152 valence electrons. The number of amides is 1. The predicted molar refractivity (Wildman–Crippen MR) is 124 cm³/mol. The second kappa shape index (κ2) is 13.8. The van der Waals surface area contributed by atoms with Gasteiger partial charge in [0.15, 0.2) is 5.96 Å². The van der Waals surface area contributed by atoms with Gasteiger partial charge in [-0.15, -0.1) is 24.0 Å². The van der Waals surface area contributed by atoms with Crippen molar-refractivity contribution in [1.29, 1.82) is 0 Å². The zero-order valence-corrected chi connectivity index (χ0v) is 19.1. The standard InChI is InChI=1S/C21H34N4O.HI/c1-3-22-20(26)19-13-7-11-18(15-19)16-25-21(23-4-2)24-14-8-12-17-9-5-6-10-17;/h7,11,13,15,17H,3-6,8-10,12,14,16H2,1-2H3,(H,22,26)(H2,23,24,25);1H. The molecule has 1 aliphatic rings. The van der Waals surface area contributed by atoms with E-state index in [2.05, 4.69) is 27.9 Å². The number of carbonyl (C=O) groups is 1. The van der Waals surface area contributed by atoms with Gasteiger partial charge in [-0.05, 0) is 50.3 Å². The minimum absolute atomic E-state index is 0. The molecule has 0 heterocycles. The van der Waals surface area contributed by atoms with E-state index < -0.39 is 0 Å². The van der Waals surface area contributed by atoms with Crippen LogP contribution in [0.5, 0.6) is 0 Å². The highest BCUT2D eigenvalue weighted by atomic mass is 127. The van der Waals surface area contributed by atoms with Gasteiger partial charge in [0.1, 0.15) is 0 Å². The molecular formula is C21H35IN4O. The highest BCUT2D eigenvalue weighted by Gasteiger charge is 2.14. The Hall–Kier alpha value is -1.31. The van der Waals surface area contributed by atoms with Gasteiger partial charge in [0.05, 0.1) is 6.54 Å². The summed E-state index contributed by atoms with van der Waals surface area (Å²) in [6.07, 6.45) is 8.17. The van der Waals surface area contributed by atoms with Crippen LogP contribution in [-0.2, 0) is 6.54 Å². The fourth-order valence-corrected chi connectivity index (χ4v) is 3.48. The summed E-state index contributed by atoms with van der Waals surface area (Å²) in [5.41, 5.74) is 1.73. The van der Waals surface area contributed by atoms with Crippen LogP contribution in [0.4, 0.5) is 0 Å². The lowest BCUT2D eigenvalue weighted by atomic mass is 10.0. The molecule has 1 aromatic rings. The molecule has 0 unspecified atom stereocenters. The van der Waals surface area contributed by atoms with Crippen molar-refractivity contribution in [2.24, 2.45) is 10.9 Å². The van der Waals surface area contributed by atoms with E-state index in [0.29, 0.717) is 18.7 Å². The van der Waals surface area contributed by atoms with Crippen molar-refractivity contribution >= 4 is 35.8 Å². The normalized spacial score (nSPS) is 14.5. The third-order valence-electron chi connectivity index (χ3n) is 4.85. The molecular weight excluding hydrogens is 451 g/mol. The maximum Gasteiger partial charge on any atom is 0.251 e. The Bertz CT molecular complexity index is 585. The number of nitrogens with zero attached hydrogens (tertiary/aromatic N) is 1. The summed E-state index contributed by atoms with van der Waals surface area (Å²) in [4.78, 5) is 16.6. The van der Waals surface area contributed by atoms with Gasteiger partial charge in [0.2, 0.25) is 0 Å². The fraction of sp³-hybridized carbons (Fsp3) is 0.619. The van der Waals surface area contributed by atoms with Crippen LogP contribution in [0, 0.1) is 5.92 Å². The van der Waals surface area contributed by atoms with E-state index in [1.165, 1.54) is 38.5 Å². The van der Waals surface area contributed by atoms with E-state index in [4.69, 9.17) is 0 Å². The zero-order chi connectivity index (χ0) is 18.6. The molecule has 5 nitrogen and oxygen atoms in total. The molecule has 1 aromatic carbocycles. The molecule has 0 atom stereocenters. The van der Waals surface area contributed by atoms with Gasteiger partial charge >= 0.3 is 0 Å². The largest absolute Gasteiger partial charge is 0.357 e. The topological polar surface area (TPSA) is 65.5 Å². The number of guanidine groups is 1. The molecule has 0 aromatic heterocycles. The zero-order valence-electron chi connectivity index (χ0n) is 16.7. The van der Waals surface area contributed by atoms with Gasteiger partial charge in [0.25, 0.3) is 5.91 Å². The Morgan fingerprint density at radius 1 is 1.11 bits per heavy atom. The van der Waals surface area contributed by atoms with Crippen molar-refractivity contribution in [2.75, 3.05) is 19.6 Å². The second-order valence-corrected chi connectivity index (χ2v) is 6.97. The second-order valence-electron chi connectivity index (χ2n) is 6.97. The Morgan fingerprint density at radius 3 is 2.56 bits per heavy atom. The van der Waals surface area contributed by atoms with Crippen molar-refractivity contribution in [1.82, 2.24) is 16.0 Å². The average molecular weight is 486 g/mol. The summed E-state index contributed by atoms with van der Waals surface area (Å²) in [6, 6.07) is 7.68. The number of nitrogens with one attached hydrogen (secondary N) is 3. The van der Waals surface area contributed by atoms with Crippen LogP contribution in [0.3, 0.4) is 0 Å². The van der Waals surface area contributed by atoms with Gasteiger partial charge in [-0.1, -0.05) is 37.8 Å². The molecule has 6 heteroatoms. The Kier molecular flexibility index (Phi) is 12.1. The molecule has 0 aliphatic heterocycles. The van der Waals surface area contributed by atoms with Crippen LogP contribution >= 0.6 is 24.0 Å². The first-order chi connectivity index (χ1) is 12.7. The molecule has 1 saturated carbocycles. The summed E-state index contributed by atoms with van der Waals surface area (Å²) in [7, 11) is 0. The molecule has 27 heavy (non-hydrogen) atoms. The van der Waals surface area contributed by atoms with E-state index in [9.17, 15) is 4.79 Å². The Morgan fingerprint density at radius 2 is 1.85 bits per heavy atom. The van der Waals surface area contributed by atoms with Crippen molar-refractivity contribution in [3.63, 3.8) is 0 Å². The number of carbonyl (C=O) groups excluding carboxylic acids is 1. The Labute approximate surface area is 181 Å². The van der Waals surface area contributed by atoms with Crippen molar-refractivity contribution in [3.8, 4) is 0 Å². The summed E-state index contributed by atoms with van der Waals surface area (Å²) in [6.45, 7) is 7.00. The van der Waals surface area contributed by atoms with Gasteiger partial charge in [-0.25, -0.2) is 4.99 Å². The van der Waals surface area contributed by atoms with Gasteiger partial charge < -0.3 is 16.0 Å². The summed E-state index contributed by atoms with van der Waals surface area (Å²) in [5.74, 6) is 1.76. The number of hydrogen-bond acceptors (Lipinski definition) is 2. The number of aliphatic imine (C=N–C) groups is 1. The van der Waals surface area contributed by atoms with Crippen LogP contribution in [0.15, 0.2) is 29.3 Å². The van der Waals surface area contributed by atoms with E-state index in [1.54, 1.807) is 0 Å². The van der Waals surface area contributed by atoms with Gasteiger partial charge in [-0.3, -0.25) is 4.79 Å². The van der Waals surface area contributed by atoms with Gasteiger partial charge in [0, 0.05) is 25.2 Å². The molecule has 1 fully saturated rings.